The molecule has 0 bridgehead atoms. The van der Waals surface area contributed by atoms with Crippen molar-refractivity contribution in [3.05, 3.63) is 60.8 Å². The number of allylic oxidation sites excluding steroid dienone is 10. The number of hydrogen-bond acceptors (Lipinski definition) is 3. The normalized spacial score (nSPS) is 13.1. The second-order valence-electron chi connectivity index (χ2n) is 9.91. The Labute approximate surface area is 234 Å². The molecule has 0 aliphatic heterocycles. The fourth-order valence-electron chi connectivity index (χ4n) is 4.04. The highest BCUT2D eigenvalue weighted by atomic mass is 16.5. The van der Waals surface area contributed by atoms with Crippen LogP contribution in [0.2, 0.25) is 0 Å². The Morgan fingerprint density at radius 2 is 1.11 bits per heavy atom. The number of carboxylic acids is 1. The first-order chi connectivity index (χ1) is 18.6. The lowest BCUT2D eigenvalue weighted by atomic mass is 10.0. The van der Waals surface area contributed by atoms with Crippen LogP contribution < -0.4 is 0 Å². The zero-order chi connectivity index (χ0) is 27.9. The first-order valence-electron chi connectivity index (χ1n) is 15.3. The van der Waals surface area contributed by atoms with Crippen molar-refractivity contribution in [2.24, 2.45) is 0 Å². The van der Waals surface area contributed by atoms with Crippen molar-refractivity contribution < 1.29 is 19.4 Å². The van der Waals surface area contributed by atoms with Gasteiger partial charge in [-0.15, -0.1) is 0 Å². The van der Waals surface area contributed by atoms with Gasteiger partial charge in [-0.05, 0) is 77.0 Å². The van der Waals surface area contributed by atoms with Crippen molar-refractivity contribution in [2.45, 2.75) is 142 Å². The van der Waals surface area contributed by atoms with Crippen LogP contribution in [-0.4, -0.2) is 23.1 Å². The minimum atomic E-state index is -0.760. The van der Waals surface area contributed by atoms with Crippen LogP contribution in [-0.2, 0) is 14.3 Å². The third-order valence-corrected chi connectivity index (χ3v) is 6.25. The molecule has 0 spiro atoms. The lowest BCUT2D eigenvalue weighted by Gasteiger charge is -2.18. The highest BCUT2D eigenvalue weighted by Crippen LogP contribution is 2.17. The van der Waals surface area contributed by atoms with E-state index in [9.17, 15) is 9.59 Å². The van der Waals surface area contributed by atoms with Gasteiger partial charge in [-0.2, -0.15) is 0 Å². The van der Waals surface area contributed by atoms with Crippen LogP contribution in [0.1, 0.15) is 136 Å². The van der Waals surface area contributed by atoms with Crippen molar-refractivity contribution in [1.29, 1.82) is 0 Å². The zero-order valence-corrected chi connectivity index (χ0v) is 24.5. The quantitative estimate of drug-likeness (QED) is 0.0689. The van der Waals surface area contributed by atoms with E-state index >= 15 is 0 Å². The van der Waals surface area contributed by atoms with Crippen LogP contribution in [0.25, 0.3) is 0 Å². The molecule has 38 heavy (non-hydrogen) atoms. The molecule has 0 aromatic rings. The average molecular weight is 529 g/mol. The Morgan fingerprint density at radius 1 is 0.605 bits per heavy atom. The maximum Gasteiger partial charge on any atom is 0.306 e. The van der Waals surface area contributed by atoms with Gasteiger partial charge in [0.1, 0.15) is 6.10 Å². The summed E-state index contributed by atoms with van der Waals surface area (Å²) in [7, 11) is 0. The zero-order valence-electron chi connectivity index (χ0n) is 24.5. The molecule has 216 valence electrons. The van der Waals surface area contributed by atoms with Crippen LogP contribution >= 0.6 is 0 Å². The fraction of sp³-hybridized carbons (Fsp3) is 0.647. The molecule has 0 aromatic carbocycles. The Balaban J connectivity index is 4.02. The van der Waals surface area contributed by atoms with Crippen molar-refractivity contribution in [1.82, 2.24) is 0 Å². The van der Waals surface area contributed by atoms with E-state index in [-0.39, 0.29) is 18.5 Å². The van der Waals surface area contributed by atoms with E-state index in [0.29, 0.717) is 12.8 Å². The SMILES string of the molecule is CC/C=C\C/C=C\C/C=C\C/C=C\C/C=C\CCCC(=O)OC(CCCCCCCC)CCCCC(=O)O. The molecule has 0 fully saturated rings. The number of ether oxygens (including phenoxy) is 1. The molecule has 0 aromatic heterocycles. The van der Waals surface area contributed by atoms with Gasteiger partial charge in [-0.3, -0.25) is 9.59 Å². The van der Waals surface area contributed by atoms with E-state index in [0.717, 1.165) is 70.6 Å². The third-order valence-electron chi connectivity index (χ3n) is 6.25. The molecule has 0 saturated heterocycles. The molecule has 0 saturated carbocycles. The largest absolute Gasteiger partial charge is 0.481 e. The number of rotatable bonds is 26. The van der Waals surface area contributed by atoms with E-state index in [2.05, 4.69) is 74.6 Å². The lowest BCUT2D eigenvalue weighted by molar-refractivity contribution is -0.150. The summed E-state index contributed by atoms with van der Waals surface area (Å²) >= 11 is 0. The van der Waals surface area contributed by atoms with E-state index in [1.165, 1.54) is 32.1 Å². The number of aliphatic carboxylic acids is 1. The Morgan fingerprint density at radius 3 is 1.66 bits per heavy atom. The van der Waals surface area contributed by atoms with Crippen molar-refractivity contribution in [3.8, 4) is 0 Å². The first kappa shape index (κ1) is 35.6. The molecule has 0 aliphatic carbocycles. The number of esters is 1. The van der Waals surface area contributed by atoms with Crippen molar-refractivity contribution in [3.63, 3.8) is 0 Å². The highest BCUT2D eigenvalue weighted by Gasteiger charge is 2.14. The standard InChI is InChI=1S/C34H56O4/c1-3-5-7-9-11-12-13-14-15-16-17-18-19-20-21-23-25-31-34(37)38-32(29-26-27-30-33(35)36)28-24-22-10-8-6-4-2/h5,7,11-12,14-15,17-18,20-21,32H,3-4,6,8-10,13,16,19,22-31H2,1-2H3,(H,35,36)/b7-5-,12-11-,15-14-,18-17-,21-20-. The van der Waals surface area contributed by atoms with Gasteiger partial charge in [0.2, 0.25) is 0 Å². The summed E-state index contributed by atoms with van der Waals surface area (Å²) < 4.78 is 5.78. The lowest BCUT2D eigenvalue weighted by Crippen LogP contribution is -2.18. The second kappa shape index (κ2) is 29.2. The van der Waals surface area contributed by atoms with Gasteiger partial charge in [0.15, 0.2) is 0 Å². The maximum atomic E-state index is 12.4. The van der Waals surface area contributed by atoms with Gasteiger partial charge in [-0.25, -0.2) is 0 Å². The van der Waals surface area contributed by atoms with Crippen molar-refractivity contribution in [2.75, 3.05) is 0 Å². The van der Waals surface area contributed by atoms with Gasteiger partial charge < -0.3 is 9.84 Å². The summed E-state index contributed by atoms with van der Waals surface area (Å²) in [5, 5.41) is 8.84. The van der Waals surface area contributed by atoms with Gasteiger partial charge in [0.05, 0.1) is 0 Å². The number of carbonyl (C=O) groups excluding carboxylic acids is 1. The highest BCUT2D eigenvalue weighted by molar-refractivity contribution is 5.69. The van der Waals surface area contributed by atoms with Crippen LogP contribution in [0.5, 0.6) is 0 Å². The molecule has 4 heteroatoms. The third kappa shape index (κ3) is 28.2. The van der Waals surface area contributed by atoms with E-state index in [1.54, 1.807) is 0 Å². The Bertz CT molecular complexity index is 699. The average Bonchev–Trinajstić information content (AvgIpc) is 2.90. The molecule has 4 nitrogen and oxygen atoms in total. The molecule has 0 amide bonds. The summed E-state index contributed by atoms with van der Waals surface area (Å²) in [6.45, 7) is 4.37. The van der Waals surface area contributed by atoms with Gasteiger partial charge in [0, 0.05) is 12.8 Å². The first-order valence-corrected chi connectivity index (χ1v) is 15.3. The number of carboxylic acid groups (broad SMARTS) is 1. The molecular formula is C34H56O4. The minimum Gasteiger partial charge on any atom is -0.481 e. The molecule has 0 heterocycles. The molecule has 1 N–H and O–H groups in total. The monoisotopic (exact) mass is 528 g/mol. The summed E-state index contributed by atoms with van der Waals surface area (Å²) in [6, 6.07) is 0. The minimum absolute atomic E-state index is 0.0730. The topological polar surface area (TPSA) is 63.6 Å². The Kier molecular flexibility index (Phi) is 27.4. The predicted octanol–water partition coefficient (Wildman–Crippen LogP) is 10.2. The molecular weight excluding hydrogens is 472 g/mol. The maximum absolute atomic E-state index is 12.4. The van der Waals surface area contributed by atoms with Gasteiger partial charge in [0.25, 0.3) is 0 Å². The smallest absolute Gasteiger partial charge is 0.306 e. The summed E-state index contributed by atoms with van der Waals surface area (Å²) in [5.41, 5.74) is 0. The van der Waals surface area contributed by atoms with Gasteiger partial charge >= 0.3 is 11.9 Å². The number of carbonyl (C=O) groups is 2. The van der Waals surface area contributed by atoms with Crippen LogP contribution in [0, 0.1) is 0 Å². The van der Waals surface area contributed by atoms with Crippen molar-refractivity contribution >= 4 is 11.9 Å². The number of hydrogen-bond donors (Lipinski definition) is 1. The second-order valence-corrected chi connectivity index (χ2v) is 9.91. The van der Waals surface area contributed by atoms with E-state index in [1.807, 2.05) is 0 Å². The molecule has 1 atom stereocenters. The fourth-order valence-corrected chi connectivity index (χ4v) is 4.04. The van der Waals surface area contributed by atoms with Crippen LogP contribution in [0.15, 0.2) is 60.8 Å². The molecule has 0 aliphatic rings. The van der Waals surface area contributed by atoms with Gasteiger partial charge in [-0.1, -0.05) is 107 Å². The number of unbranched alkanes of at least 4 members (excludes halogenated alkanes) is 7. The Hall–Kier alpha value is -2.36. The van der Waals surface area contributed by atoms with E-state index in [4.69, 9.17) is 9.84 Å². The van der Waals surface area contributed by atoms with Crippen LogP contribution in [0.4, 0.5) is 0 Å². The van der Waals surface area contributed by atoms with E-state index < -0.39 is 5.97 Å². The molecule has 1 unspecified atom stereocenters. The molecule has 0 rings (SSSR count). The summed E-state index contributed by atoms with van der Waals surface area (Å²) in [6.07, 6.45) is 39.4. The summed E-state index contributed by atoms with van der Waals surface area (Å²) in [5.74, 6) is -0.879. The predicted molar refractivity (Wildman–Crippen MR) is 162 cm³/mol. The molecule has 0 radical (unpaired) electrons. The van der Waals surface area contributed by atoms with Crippen LogP contribution in [0.3, 0.4) is 0 Å². The summed E-state index contributed by atoms with van der Waals surface area (Å²) in [4.78, 5) is 23.1.